The number of nitrogens with two attached hydrogens (primary N) is 1. The van der Waals surface area contributed by atoms with Gasteiger partial charge in [-0.15, -0.1) is 10.2 Å². The van der Waals surface area contributed by atoms with E-state index in [1.54, 1.807) is 18.2 Å². The van der Waals surface area contributed by atoms with Crippen molar-refractivity contribution in [2.75, 3.05) is 5.73 Å². The van der Waals surface area contributed by atoms with Gasteiger partial charge in [0.2, 0.25) is 12.3 Å². The maximum atomic E-state index is 5.91. The van der Waals surface area contributed by atoms with Gasteiger partial charge in [0.1, 0.15) is 0 Å². The molecule has 0 unspecified atom stereocenters. The van der Waals surface area contributed by atoms with Crippen LogP contribution < -0.4 is 5.73 Å². The smallest absolute Gasteiger partial charge is 0.248 e. The number of anilines is 1. The fourth-order valence-electron chi connectivity index (χ4n) is 0.995. The van der Waals surface area contributed by atoms with Gasteiger partial charge in [0.05, 0.1) is 10.6 Å². The Morgan fingerprint density at radius 3 is 2.85 bits per heavy atom. The van der Waals surface area contributed by atoms with E-state index >= 15 is 0 Å². The molecule has 0 fully saturated rings. The maximum Gasteiger partial charge on any atom is 0.248 e. The first-order valence-electron chi connectivity index (χ1n) is 3.59. The summed E-state index contributed by atoms with van der Waals surface area (Å²) in [6.45, 7) is 0. The lowest BCUT2D eigenvalue weighted by molar-refractivity contribution is 0.568. The number of benzene rings is 1. The quantitative estimate of drug-likeness (QED) is 0.707. The maximum absolute atomic E-state index is 5.91. The van der Waals surface area contributed by atoms with Crippen LogP contribution >= 0.6 is 11.6 Å². The van der Waals surface area contributed by atoms with Crippen LogP contribution in [0.5, 0.6) is 0 Å². The summed E-state index contributed by atoms with van der Waals surface area (Å²) < 4.78 is 4.99. The van der Waals surface area contributed by atoms with E-state index in [0.717, 1.165) is 0 Å². The van der Waals surface area contributed by atoms with Gasteiger partial charge in [0.15, 0.2) is 0 Å². The third kappa shape index (κ3) is 1.48. The minimum atomic E-state index is 0.394. The first-order chi connectivity index (χ1) is 6.27. The average Bonchev–Trinajstić information content (AvgIpc) is 2.56. The van der Waals surface area contributed by atoms with E-state index in [2.05, 4.69) is 10.2 Å². The van der Waals surface area contributed by atoms with Gasteiger partial charge in [-0.05, 0) is 18.2 Å². The van der Waals surface area contributed by atoms with Crippen molar-refractivity contribution in [2.45, 2.75) is 0 Å². The molecule has 2 N–H and O–H groups in total. The summed E-state index contributed by atoms with van der Waals surface area (Å²) in [4.78, 5) is 0. The highest BCUT2D eigenvalue weighted by Crippen LogP contribution is 2.27. The summed E-state index contributed by atoms with van der Waals surface area (Å²) in [6, 6.07) is 5.11. The van der Waals surface area contributed by atoms with Crippen LogP contribution in [0.15, 0.2) is 29.0 Å². The van der Waals surface area contributed by atoms with E-state index in [0.29, 0.717) is 22.2 Å². The second kappa shape index (κ2) is 3.06. The molecule has 1 aromatic heterocycles. The van der Waals surface area contributed by atoms with Gasteiger partial charge in [-0.2, -0.15) is 0 Å². The molecule has 0 spiro atoms. The Morgan fingerprint density at radius 1 is 1.38 bits per heavy atom. The van der Waals surface area contributed by atoms with Crippen LogP contribution in [0, 0.1) is 0 Å². The molecule has 2 rings (SSSR count). The first kappa shape index (κ1) is 8.07. The van der Waals surface area contributed by atoms with Gasteiger partial charge in [-0.1, -0.05) is 11.6 Å². The largest absolute Gasteiger partial charge is 0.423 e. The van der Waals surface area contributed by atoms with E-state index in [1.807, 2.05) is 0 Å². The molecule has 1 heterocycles. The fraction of sp³-hybridized carbons (Fsp3) is 0. The third-order valence-electron chi connectivity index (χ3n) is 1.58. The zero-order valence-electron chi connectivity index (χ0n) is 6.57. The van der Waals surface area contributed by atoms with Crippen LogP contribution in [0.2, 0.25) is 5.02 Å². The van der Waals surface area contributed by atoms with Crippen molar-refractivity contribution in [2.24, 2.45) is 0 Å². The minimum Gasteiger partial charge on any atom is -0.423 e. The molecule has 0 saturated heterocycles. The van der Waals surface area contributed by atoms with Crippen LogP contribution in [0.1, 0.15) is 0 Å². The Labute approximate surface area is 79.3 Å². The van der Waals surface area contributed by atoms with Crippen LogP contribution in [0.3, 0.4) is 0 Å². The number of rotatable bonds is 1. The van der Waals surface area contributed by atoms with Crippen molar-refractivity contribution in [3.8, 4) is 11.5 Å². The number of hydrogen-bond acceptors (Lipinski definition) is 4. The van der Waals surface area contributed by atoms with E-state index in [4.69, 9.17) is 21.8 Å². The Hall–Kier alpha value is -1.55. The molecular formula is C8H6ClN3O. The van der Waals surface area contributed by atoms with Gasteiger partial charge < -0.3 is 10.2 Å². The van der Waals surface area contributed by atoms with Gasteiger partial charge in [0.25, 0.3) is 0 Å². The van der Waals surface area contributed by atoms with Crippen LogP contribution in [-0.2, 0) is 0 Å². The van der Waals surface area contributed by atoms with Crippen molar-refractivity contribution < 1.29 is 4.42 Å². The van der Waals surface area contributed by atoms with Crippen molar-refractivity contribution in [3.63, 3.8) is 0 Å². The highest BCUT2D eigenvalue weighted by atomic mass is 35.5. The van der Waals surface area contributed by atoms with Crippen molar-refractivity contribution in [1.29, 1.82) is 0 Å². The first-order valence-corrected chi connectivity index (χ1v) is 3.97. The van der Waals surface area contributed by atoms with Gasteiger partial charge in [-0.25, -0.2) is 0 Å². The lowest BCUT2D eigenvalue weighted by Crippen LogP contribution is -1.86. The summed E-state index contributed by atoms with van der Waals surface area (Å²) >= 11 is 5.91. The lowest BCUT2D eigenvalue weighted by Gasteiger charge is -1.99. The molecule has 4 nitrogen and oxygen atoms in total. The second-order valence-electron chi connectivity index (χ2n) is 2.48. The van der Waals surface area contributed by atoms with Crippen LogP contribution in [-0.4, -0.2) is 10.2 Å². The molecule has 0 aliphatic heterocycles. The lowest BCUT2D eigenvalue weighted by atomic mass is 10.2. The molecule has 13 heavy (non-hydrogen) atoms. The van der Waals surface area contributed by atoms with Crippen molar-refractivity contribution in [1.82, 2.24) is 10.2 Å². The van der Waals surface area contributed by atoms with Crippen LogP contribution in [0.4, 0.5) is 5.69 Å². The zero-order valence-corrected chi connectivity index (χ0v) is 7.32. The Kier molecular flexibility index (Phi) is 1.90. The molecule has 0 radical (unpaired) electrons. The average molecular weight is 196 g/mol. The summed E-state index contributed by atoms with van der Waals surface area (Å²) in [5.41, 5.74) is 6.82. The highest BCUT2D eigenvalue weighted by molar-refractivity contribution is 6.33. The predicted octanol–water partition coefficient (Wildman–Crippen LogP) is 1.97. The Morgan fingerprint density at radius 2 is 2.23 bits per heavy atom. The Balaban J connectivity index is 2.53. The predicted molar refractivity (Wildman–Crippen MR) is 49.2 cm³/mol. The van der Waals surface area contributed by atoms with E-state index < -0.39 is 0 Å². The molecule has 66 valence electrons. The molecule has 0 bridgehead atoms. The SMILES string of the molecule is Nc1ccc(-c2nnco2)c(Cl)c1. The molecule has 0 saturated carbocycles. The van der Waals surface area contributed by atoms with Gasteiger partial charge in [-0.3, -0.25) is 0 Å². The molecule has 0 amide bonds. The monoisotopic (exact) mass is 195 g/mol. The molecule has 5 heteroatoms. The number of nitrogens with zero attached hydrogens (tertiary/aromatic N) is 2. The van der Waals surface area contributed by atoms with E-state index in [9.17, 15) is 0 Å². The number of halogens is 1. The third-order valence-corrected chi connectivity index (χ3v) is 1.90. The molecular weight excluding hydrogens is 190 g/mol. The summed E-state index contributed by atoms with van der Waals surface area (Å²) in [5.74, 6) is 0.394. The fourth-order valence-corrected chi connectivity index (χ4v) is 1.27. The summed E-state index contributed by atoms with van der Waals surface area (Å²) in [6.07, 6.45) is 1.25. The van der Waals surface area contributed by atoms with Gasteiger partial charge >= 0.3 is 0 Å². The van der Waals surface area contributed by atoms with Crippen molar-refractivity contribution >= 4 is 17.3 Å². The number of nitrogen functional groups attached to an aromatic ring is 1. The summed E-state index contributed by atoms with van der Waals surface area (Å²) in [7, 11) is 0. The van der Waals surface area contributed by atoms with Crippen LogP contribution in [0.25, 0.3) is 11.5 Å². The number of hydrogen-bond donors (Lipinski definition) is 1. The van der Waals surface area contributed by atoms with E-state index in [-0.39, 0.29) is 0 Å². The molecule has 2 aromatic rings. The minimum absolute atomic E-state index is 0.394. The second-order valence-corrected chi connectivity index (χ2v) is 2.89. The normalized spacial score (nSPS) is 10.2. The highest BCUT2D eigenvalue weighted by Gasteiger charge is 2.07. The molecule has 0 atom stereocenters. The molecule has 1 aromatic carbocycles. The van der Waals surface area contributed by atoms with E-state index in [1.165, 1.54) is 6.39 Å². The topological polar surface area (TPSA) is 64.9 Å². The molecule has 0 aliphatic rings. The van der Waals surface area contributed by atoms with Gasteiger partial charge in [0, 0.05) is 5.69 Å². The summed E-state index contributed by atoms with van der Waals surface area (Å²) in [5, 5.41) is 7.79. The number of aromatic nitrogens is 2. The standard InChI is InChI=1S/C8H6ClN3O/c9-7-3-5(10)1-2-6(7)8-12-11-4-13-8/h1-4H,10H2. The molecule has 0 aliphatic carbocycles. The zero-order chi connectivity index (χ0) is 9.26. The Bertz CT molecular complexity index is 413. The van der Waals surface area contributed by atoms with Crippen molar-refractivity contribution in [3.05, 3.63) is 29.6 Å².